The van der Waals surface area contributed by atoms with Crippen molar-refractivity contribution in [3.63, 3.8) is 0 Å². The molecule has 3 aromatic heterocycles. The second-order valence-electron chi connectivity index (χ2n) is 3.87. The van der Waals surface area contributed by atoms with E-state index in [1.54, 1.807) is 37.1 Å². The van der Waals surface area contributed by atoms with E-state index < -0.39 is 0 Å². The van der Waals surface area contributed by atoms with Crippen LogP contribution in [0.15, 0.2) is 72.5 Å². The maximum Gasteiger partial charge on any atom is 0.151 e. The first-order valence-electron chi connectivity index (χ1n) is 6.21. The van der Waals surface area contributed by atoms with Crippen LogP contribution < -0.4 is 5.73 Å². The van der Waals surface area contributed by atoms with Crippen molar-refractivity contribution in [2.45, 2.75) is 0 Å². The predicted octanol–water partition coefficient (Wildman–Crippen LogP) is 2.29. The van der Waals surface area contributed by atoms with E-state index in [1.165, 1.54) is 6.33 Å². The summed E-state index contributed by atoms with van der Waals surface area (Å²) < 4.78 is 0. The number of nitrogens with zero attached hydrogens (tertiary/aromatic N) is 5. The lowest BCUT2D eigenvalue weighted by Gasteiger charge is -1.90. The highest BCUT2D eigenvalue weighted by atomic mass is 14.9. The fourth-order valence-corrected chi connectivity index (χ4v) is 1.32. The largest absolute Gasteiger partial charge is 0.384 e. The van der Waals surface area contributed by atoms with Crippen molar-refractivity contribution < 1.29 is 0 Å². The molecule has 21 heavy (non-hydrogen) atoms. The molecule has 0 atom stereocenters. The molecule has 3 heterocycles. The number of nitrogens with two attached hydrogens (primary N) is 1. The summed E-state index contributed by atoms with van der Waals surface area (Å²) in [6.45, 7) is 0. The quantitative estimate of drug-likeness (QED) is 0.726. The molecule has 6 heteroatoms. The topological polar surface area (TPSA) is 89.9 Å². The molecule has 3 rings (SSSR count). The van der Waals surface area contributed by atoms with Crippen molar-refractivity contribution in [2.24, 2.45) is 4.99 Å². The van der Waals surface area contributed by atoms with E-state index in [0.717, 1.165) is 5.56 Å². The van der Waals surface area contributed by atoms with Crippen LogP contribution in [0.2, 0.25) is 0 Å². The molecule has 0 amide bonds. The Morgan fingerprint density at radius 3 is 2.14 bits per heavy atom. The molecule has 0 aromatic carbocycles. The van der Waals surface area contributed by atoms with E-state index in [4.69, 9.17) is 5.73 Å². The number of hydrogen-bond acceptors (Lipinski definition) is 6. The van der Waals surface area contributed by atoms with Gasteiger partial charge in [-0.05, 0) is 24.3 Å². The number of anilines is 1. The maximum absolute atomic E-state index is 5.25. The number of rotatable bonds is 2. The third-order valence-electron chi connectivity index (χ3n) is 2.26. The fraction of sp³-hybridized carbons (Fsp3) is 0. The monoisotopic (exact) mass is 278 g/mol. The summed E-state index contributed by atoms with van der Waals surface area (Å²) in [5.74, 6) is 1.25. The first kappa shape index (κ1) is 14.3. The van der Waals surface area contributed by atoms with Gasteiger partial charge in [0.05, 0.1) is 0 Å². The summed E-state index contributed by atoms with van der Waals surface area (Å²) in [5, 5.41) is 0. The number of nitrogen functional groups attached to an aromatic ring is 1. The molecule has 0 fully saturated rings. The Kier molecular flexibility index (Phi) is 5.51. The van der Waals surface area contributed by atoms with Crippen molar-refractivity contribution >= 4 is 17.9 Å². The zero-order valence-electron chi connectivity index (χ0n) is 11.2. The standard InChI is InChI=1S/C10H8N4.C5H6N2/c1-2-4-13-10(3-1)14-7-9-5-11-8-12-6-9;6-5-3-1-2-4-7-5/h1-8H;1-4H,(H2,6,7). The SMILES string of the molecule is C(=Nc1ccccn1)c1cncnc1.Nc1ccccn1. The Morgan fingerprint density at radius 1 is 0.905 bits per heavy atom. The normalized spacial score (nSPS) is 9.90. The third kappa shape index (κ3) is 5.56. The summed E-state index contributed by atoms with van der Waals surface area (Å²) in [7, 11) is 0. The fourth-order valence-electron chi connectivity index (χ4n) is 1.32. The zero-order chi connectivity index (χ0) is 14.8. The Balaban J connectivity index is 0.000000194. The van der Waals surface area contributed by atoms with Crippen LogP contribution >= 0.6 is 0 Å². The van der Waals surface area contributed by atoms with Gasteiger partial charge in [-0.25, -0.2) is 24.9 Å². The van der Waals surface area contributed by atoms with Gasteiger partial charge in [-0.1, -0.05) is 12.1 Å². The molecular formula is C15H14N6. The van der Waals surface area contributed by atoms with E-state index in [0.29, 0.717) is 11.6 Å². The molecule has 0 unspecified atom stereocenters. The highest BCUT2D eigenvalue weighted by molar-refractivity contribution is 5.80. The molecule has 0 aliphatic rings. The molecule has 3 aromatic rings. The Bertz CT molecular complexity index is 614. The lowest BCUT2D eigenvalue weighted by atomic mass is 10.4. The summed E-state index contributed by atoms with van der Waals surface area (Å²) in [6, 6.07) is 11.0. The molecule has 0 spiro atoms. The first-order chi connectivity index (χ1) is 10.3. The van der Waals surface area contributed by atoms with Crippen LogP contribution in [-0.2, 0) is 0 Å². The number of aromatic nitrogens is 4. The van der Waals surface area contributed by atoms with Gasteiger partial charge in [0.25, 0.3) is 0 Å². The second-order valence-corrected chi connectivity index (χ2v) is 3.87. The average molecular weight is 278 g/mol. The molecule has 104 valence electrons. The van der Waals surface area contributed by atoms with E-state index in [-0.39, 0.29) is 0 Å². The van der Waals surface area contributed by atoms with Crippen molar-refractivity contribution in [1.29, 1.82) is 0 Å². The highest BCUT2D eigenvalue weighted by Gasteiger charge is 1.87. The molecule has 0 aliphatic heterocycles. The molecular weight excluding hydrogens is 264 g/mol. The number of pyridine rings is 2. The molecule has 0 radical (unpaired) electrons. The van der Waals surface area contributed by atoms with Gasteiger partial charge in [0.1, 0.15) is 12.1 Å². The number of hydrogen-bond donors (Lipinski definition) is 1. The van der Waals surface area contributed by atoms with Gasteiger partial charge in [0.2, 0.25) is 0 Å². The van der Waals surface area contributed by atoms with Crippen molar-refractivity contribution in [2.75, 3.05) is 5.73 Å². The van der Waals surface area contributed by atoms with Gasteiger partial charge in [0.15, 0.2) is 5.82 Å². The van der Waals surface area contributed by atoms with Gasteiger partial charge in [-0.2, -0.15) is 0 Å². The van der Waals surface area contributed by atoms with Gasteiger partial charge in [-0.15, -0.1) is 0 Å². The van der Waals surface area contributed by atoms with Crippen LogP contribution in [-0.4, -0.2) is 26.2 Å². The molecule has 0 aliphatic carbocycles. The zero-order valence-corrected chi connectivity index (χ0v) is 11.2. The second kappa shape index (κ2) is 8.11. The van der Waals surface area contributed by atoms with Crippen LogP contribution in [0.1, 0.15) is 5.56 Å². The summed E-state index contributed by atoms with van der Waals surface area (Å²) in [6.07, 6.45) is 9.92. The maximum atomic E-state index is 5.25. The van der Waals surface area contributed by atoms with Crippen molar-refractivity contribution in [3.05, 3.63) is 73.1 Å². The summed E-state index contributed by atoms with van der Waals surface area (Å²) in [4.78, 5) is 19.7. The van der Waals surface area contributed by atoms with Crippen LogP contribution in [0.4, 0.5) is 11.6 Å². The lowest BCUT2D eigenvalue weighted by molar-refractivity contribution is 1.16. The van der Waals surface area contributed by atoms with Gasteiger partial charge in [0, 0.05) is 36.6 Å². The van der Waals surface area contributed by atoms with Crippen LogP contribution in [0, 0.1) is 0 Å². The molecule has 0 saturated carbocycles. The molecule has 6 nitrogen and oxygen atoms in total. The van der Waals surface area contributed by atoms with Crippen LogP contribution in [0.5, 0.6) is 0 Å². The minimum atomic E-state index is 0.572. The summed E-state index contributed by atoms with van der Waals surface area (Å²) in [5.41, 5.74) is 6.11. The van der Waals surface area contributed by atoms with E-state index >= 15 is 0 Å². The van der Waals surface area contributed by atoms with Gasteiger partial charge < -0.3 is 5.73 Å². The highest BCUT2D eigenvalue weighted by Crippen LogP contribution is 2.04. The third-order valence-corrected chi connectivity index (χ3v) is 2.26. The smallest absolute Gasteiger partial charge is 0.151 e. The lowest BCUT2D eigenvalue weighted by Crippen LogP contribution is -1.85. The minimum absolute atomic E-state index is 0.572. The van der Waals surface area contributed by atoms with Gasteiger partial charge >= 0.3 is 0 Å². The molecule has 2 N–H and O–H groups in total. The van der Waals surface area contributed by atoms with Crippen molar-refractivity contribution in [1.82, 2.24) is 19.9 Å². The van der Waals surface area contributed by atoms with Crippen molar-refractivity contribution in [3.8, 4) is 0 Å². The van der Waals surface area contributed by atoms with E-state index in [2.05, 4.69) is 24.9 Å². The van der Waals surface area contributed by atoms with Gasteiger partial charge in [-0.3, -0.25) is 0 Å². The Hall–Kier alpha value is -3.15. The summed E-state index contributed by atoms with van der Waals surface area (Å²) >= 11 is 0. The van der Waals surface area contributed by atoms with Crippen LogP contribution in [0.25, 0.3) is 0 Å². The average Bonchev–Trinajstić information content (AvgIpc) is 2.56. The minimum Gasteiger partial charge on any atom is -0.384 e. The number of aliphatic imine (C=N–C) groups is 1. The Morgan fingerprint density at radius 2 is 1.62 bits per heavy atom. The van der Waals surface area contributed by atoms with E-state index in [9.17, 15) is 0 Å². The molecule has 0 bridgehead atoms. The predicted molar refractivity (Wildman–Crippen MR) is 82.2 cm³/mol. The first-order valence-corrected chi connectivity index (χ1v) is 6.21. The Labute approximate surface area is 122 Å². The van der Waals surface area contributed by atoms with E-state index in [1.807, 2.05) is 30.3 Å². The van der Waals surface area contributed by atoms with Crippen LogP contribution in [0.3, 0.4) is 0 Å². The molecule has 0 saturated heterocycles.